The summed E-state index contributed by atoms with van der Waals surface area (Å²) < 4.78 is 18.3. The summed E-state index contributed by atoms with van der Waals surface area (Å²) >= 11 is 0. The molecule has 0 saturated heterocycles. The van der Waals surface area contributed by atoms with Crippen LogP contribution in [-0.2, 0) is 24.2 Å². The maximum atomic E-state index is 11.8. The van der Waals surface area contributed by atoms with Gasteiger partial charge in [-0.3, -0.25) is 4.68 Å². The third-order valence-electron chi connectivity index (χ3n) is 2.69. The highest BCUT2D eigenvalue weighted by atomic mass is 19.1. The van der Waals surface area contributed by atoms with Gasteiger partial charge in [-0.15, -0.1) is 0 Å². The summed E-state index contributed by atoms with van der Waals surface area (Å²) in [5.41, 5.74) is 2.03. The quantitative estimate of drug-likeness (QED) is 0.867. The number of carbonyl (C=O) groups excluding carboxylic acids is 1. The van der Waals surface area contributed by atoms with Crippen LogP contribution in [0.5, 0.6) is 0 Å². The van der Waals surface area contributed by atoms with Crippen LogP contribution in [0.1, 0.15) is 24.2 Å². The molecule has 0 fully saturated rings. The predicted octanol–water partition coefficient (Wildman–Crippen LogP) is 1.42. The van der Waals surface area contributed by atoms with E-state index >= 15 is 0 Å². The summed E-state index contributed by atoms with van der Waals surface area (Å²) in [5, 5.41) is 6.91. The van der Waals surface area contributed by atoms with Gasteiger partial charge in [0.15, 0.2) is 0 Å². The number of carbonyl (C=O) groups is 1. The molecule has 0 atom stereocenters. The highest BCUT2D eigenvalue weighted by molar-refractivity contribution is 5.67. The summed E-state index contributed by atoms with van der Waals surface area (Å²) in [7, 11) is 0. The fourth-order valence-corrected chi connectivity index (χ4v) is 1.91. The SMILES string of the molecule is O=C(NCc1cc2n(n1)CCCC2)OCCF. The Bertz CT molecular complexity index is 369. The lowest BCUT2D eigenvalue weighted by atomic mass is 10.1. The van der Waals surface area contributed by atoms with Crippen molar-refractivity contribution in [2.75, 3.05) is 13.3 Å². The second kappa shape index (κ2) is 5.65. The van der Waals surface area contributed by atoms with Gasteiger partial charge in [-0.1, -0.05) is 0 Å². The Morgan fingerprint density at radius 3 is 3.24 bits per heavy atom. The van der Waals surface area contributed by atoms with Gasteiger partial charge in [0.2, 0.25) is 0 Å². The minimum atomic E-state index is -0.661. The standard InChI is InChI=1S/C11H16FN3O2/c12-4-6-17-11(16)13-8-9-7-10-3-1-2-5-15(10)14-9/h7H,1-6,8H2,(H,13,16). The number of rotatable bonds is 4. The molecule has 2 rings (SSSR count). The zero-order valence-corrected chi connectivity index (χ0v) is 9.62. The maximum absolute atomic E-state index is 11.8. The van der Waals surface area contributed by atoms with Crippen LogP contribution in [0, 0.1) is 0 Å². The van der Waals surface area contributed by atoms with E-state index in [1.807, 2.05) is 10.7 Å². The van der Waals surface area contributed by atoms with E-state index in [0.717, 1.165) is 25.1 Å². The topological polar surface area (TPSA) is 56.2 Å². The van der Waals surface area contributed by atoms with Crippen molar-refractivity contribution in [1.29, 1.82) is 0 Å². The molecule has 0 aliphatic carbocycles. The highest BCUT2D eigenvalue weighted by Crippen LogP contribution is 2.14. The fraction of sp³-hybridized carbons (Fsp3) is 0.636. The Balaban J connectivity index is 1.82. The van der Waals surface area contributed by atoms with E-state index in [0.29, 0.717) is 6.54 Å². The number of aryl methyl sites for hydroxylation is 2. The van der Waals surface area contributed by atoms with Crippen LogP contribution in [0.15, 0.2) is 6.07 Å². The lowest BCUT2D eigenvalue weighted by Crippen LogP contribution is -2.24. The van der Waals surface area contributed by atoms with Gasteiger partial charge >= 0.3 is 6.09 Å². The minimum absolute atomic E-state index is 0.203. The second-order valence-corrected chi connectivity index (χ2v) is 3.99. The van der Waals surface area contributed by atoms with E-state index < -0.39 is 12.8 Å². The van der Waals surface area contributed by atoms with Crippen molar-refractivity contribution in [3.05, 3.63) is 17.5 Å². The Hall–Kier alpha value is -1.59. The van der Waals surface area contributed by atoms with Gasteiger partial charge in [0.25, 0.3) is 0 Å². The molecule has 1 aromatic heterocycles. The monoisotopic (exact) mass is 241 g/mol. The third kappa shape index (κ3) is 3.18. The first-order valence-electron chi connectivity index (χ1n) is 5.82. The largest absolute Gasteiger partial charge is 0.447 e. The van der Waals surface area contributed by atoms with Gasteiger partial charge in [-0.2, -0.15) is 5.10 Å². The molecular formula is C11H16FN3O2. The van der Waals surface area contributed by atoms with Crippen LogP contribution in [0.4, 0.5) is 9.18 Å². The number of amides is 1. The third-order valence-corrected chi connectivity index (χ3v) is 2.69. The molecule has 0 aromatic carbocycles. The van der Waals surface area contributed by atoms with Crippen molar-refractivity contribution in [2.24, 2.45) is 0 Å². The van der Waals surface area contributed by atoms with Gasteiger partial charge < -0.3 is 10.1 Å². The van der Waals surface area contributed by atoms with Gasteiger partial charge in [0, 0.05) is 12.2 Å². The molecule has 1 aromatic rings. The van der Waals surface area contributed by atoms with Crippen molar-refractivity contribution in [2.45, 2.75) is 32.4 Å². The molecule has 0 unspecified atom stereocenters. The second-order valence-electron chi connectivity index (χ2n) is 3.99. The first-order chi connectivity index (χ1) is 8.29. The summed E-state index contributed by atoms with van der Waals surface area (Å²) in [5.74, 6) is 0. The average molecular weight is 241 g/mol. The van der Waals surface area contributed by atoms with Crippen LogP contribution in [0.3, 0.4) is 0 Å². The maximum Gasteiger partial charge on any atom is 0.407 e. The number of hydrogen-bond acceptors (Lipinski definition) is 3. The zero-order chi connectivity index (χ0) is 12.1. The molecule has 6 heteroatoms. The number of fused-ring (bicyclic) bond motifs is 1. The summed E-state index contributed by atoms with van der Waals surface area (Å²) in [6, 6.07) is 1.99. The first kappa shape index (κ1) is 11.9. The molecular weight excluding hydrogens is 225 g/mol. The predicted molar refractivity (Wildman–Crippen MR) is 59.3 cm³/mol. The number of alkyl halides is 1. The lowest BCUT2D eigenvalue weighted by molar-refractivity contribution is 0.137. The van der Waals surface area contributed by atoms with Crippen molar-refractivity contribution in [1.82, 2.24) is 15.1 Å². The number of ether oxygens (including phenoxy) is 1. The number of nitrogens with one attached hydrogen (secondary N) is 1. The van der Waals surface area contributed by atoms with Gasteiger partial charge in [-0.25, -0.2) is 9.18 Å². The molecule has 94 valence electrons. The molecule has 0 saturated carbocycles. The normalized spacial score (nSPS) is 14.2. The summed E-state index contributed by atoms with van der Waals surface area (Å²) in [4.78, 5) is 11.1. The molecule has 1 amide bonds. The smallest absolute Gasteiger partial charge is 0.407 e. The van der Waals surface area contributed by atoms with Crippen LogP contribution in [0.2, 0.25) is 0 Å². The Labute approximate surface area is 98.9 Å². The molecule has 1 aliphatic heterocycles. The van der Waals surface area contributed by atoms with E-state index in [4.69, 9.17) is 0 Å². The van der Waals surface area contributed by atoms with E-state index in [-0.39, 0.29) is 6.61 Å². The van der Waals surface area contributed by atoms with Crippen molar-refractivity contribution in [3.63, 3.8) is 0 Å². The van der Waals surface area contributed by atoms with Crippen LogP contribution in [-0.4, -0.2) is 29.2 Å². The molecule has 0 radical (unpaired) electrons. The number of nitrogens with zero attached hydrogens (tertiary/aromatic N) is 2. The molecule has 2 heterocycles. The van der Waals surface area contributed by atoms with Gasteiger partial charge in [-0.05, 0) is 25.3 Å². The van der Waals surface area contributed by atoms with Crippen LogP contribution in [0.25, 0.3) is 0 Å². The zero-order valence-electron chi connectivity index (χ0n) is 9.62. The van der Waals surface area contributed by atoms with E-state index in [2.05, 4.69) is 15.2 Å². The van der Waals surface area contributed by atoms with Gasteiger partial charge in [0.1, 0.15) is 13.3 Å². The summed E-state index contributed by atoms with van der Waals surface area (Å²) in [6.07, 6.45) is 2.78. The summed E-state index contributed by atoms with van der Waals surface area (Å²) in [6.45, 7) is 0.407. The Morgan fingerprint density at radius 1 is 1.59 bits per heavy atom. The Morgan fingerprint density at radius 2 is 2.47 bits per heavy atom. The van der Waals surface area contributed by atoms with Crippen molar-refractivity contribution >= 4 is 6.09 Å². The van der Waals surface area contributed by atoms with Crippen molar-refractivity contribution in [3.8, 4) is 0 Å². The van der Waals surface area contributed by atoms with E-state index in [1.54, 1.807) is 0 Å². The average Bonchev–Trinajstić information content (AvgIpc) is 2.76. The molecule has 1 aliphatic rings. The molecule has 0 spiro atoms. The molecule has 1 N–H and O–H groups in total. The number of hydrogen-bond donors (Lipinski definition) is 1. The van der Waals surface area contributed by atoms with E-state index in [1.165, 1.54) is 12.1 Å². The van der Waals surface area contributed by atoms with E-state index in [9.17, 15) is 9.18 Å². The van der Waals surface area contributed by atoms with Crippen LogP contribution < -0.4 is 5.32 Å². The number of aromatic nitrogens is 2. The number of alkyl carbamates (subject to hydrolysis) is 1. The molecule has 5 nitrogen and oxygen atoms in total. The molecule has 17 heavy (non-hydrogen) atoms. The highest BCUT2D eigenvalue weighted by Gasteiger charge is 2.12. The van der Waals surface area contributed by atoms with Gasteiger partial charge in [0.05, 0.1) is 12.2 Å². The van der Waals surface area contributed by atoms with Crippen LogP contribution >= 0.6 is 0 Å². The Kier molecular flexibility index (Phi) is 3.95. The lowest BCUT2D eigenvalue weighted by Gasteiger charge is -2.11. The molecule has 0 bridgehead atoms. The van der Waals surface area contributed by atoms with Crippen molar-refractivity contribution < 1.29 is 13.9 Å². The number of halogens is 1. The fourth-order valence-electron chi connectivity index (χ4n) is 1.91. The minimum Gasteiger partial charge on any atom is -0.447 e. The first-order valence-corrected chi connectivity index (χ1v) is 5.82.